The number of nitrogens with zero attached hydrogens (tertiary/aromatic N) is 2. The van der Waals surface area contributed by atoms with E-state index in [-0.39, 0.29) is 0 Å². The molecule has 2 saturated heterocycles. The summed E-state index contributed by atoms with van der Waals surface area (Å²) in [5, 5.41) is 5.42. The molecule has 0 amide bonds. The van der Waals surface area contributed by atoms with Gasteiger partial charge in [-0.05, 0) is 83.6 Å². The number of hydrogen-bond donors (Lipinski definition) is 0. The van der Waals surface area contributed by atoms with Gasteiger partial charge in [0.1, 0.15) is 0 Å². The molecule has 0 N–H and O–H groups in total. The van der Waals surface area contributed by atoms with Gasteiger partial charge in [-0.15, -0.1) is 0 Å². The fourth-order valence-corrected chi connectivity index (χ4v) is 5.19. The van der Waals surface area contributed by atoms with Crippen LogP contribution in [0.1, 0.15) is 24.0 Å². The van der Waals surface area contributed by atoms with E-state index in [9.17, 15) is 0 Å². The van der Waals surface area contributed by atoms with Crippen LogP contribution in [0.25, 0.3) is 21.5 Å². The lowest BCUT2D eigenvalue weighted by atomic mass is 9.93. The van der Waals surface area contributed by atoms with Gasteiger partial charge in [0.2, 0.25) is 0 Å². The second-order valence-corrected chi connectivity index (χ2v) is 9.28. The van der Waals surface area contributed by atoms with Crippen LogP contribution in [0.5, 0.6) is 0 Å². The van der Waals surface area contributed by atoms with Crippen molar-refractivity contribution < 1.29 is 9.47 Å². The molecule has 170 valence electrons. The summed E-state index contributed by atoms with van der Waals surface area (Å²) < 4.78 is 11.0. The van der Waals surface area contributed by atoms with Gasteiger partial charge >= 0.3 is 0 Å². The summed E-state index contributed by atoms with van der Waals surface area (Å²) in [4.78, 5) is 5.10. The highest BCUT2D eigenvalue weighted by Crippen LogP contribution is 2.27. The van der Waals surface area contributed by atoms with Crippen molar-refractivity contribution in [2.45, 2.75) is 25.7 Å². The first-order chi connectivity index (χ1) is 15.8. The van der Waals surface area contributed by atoms with Gasteiger partial charge in [0.15, 0.2) is 0 Å². The van der Waals surface area contributed by atoms with E-state index in [1.807, 2.05) is 0 Å². The molecular weight excluding hydrogens is 396 g/mol. The van der Waals surface area contributed by atoms with E-state index in [4.69, 9.17) is 9.47 Å². The van der Waals surface area contributed by atoms with Crippen LogP contribution in [-0.2, 0) is 22.3 Å². The molecule has 2 aliphatic rings. The molecule has 0 aromatic heterocycles. The zero-order valence-electron chi connectivity index (χ0n) is 19.2. The zero-order chi connectivity index (χ0) is 21.6. The Hall–Kier alpha value is -1.98. The van der Waals surface area contributed by atoms with Gasteiger partial charge in [-0.3, -0.25) is 9.80 Å². The maximum atomic E-state index is 5.51. The third-order valence-electron chi connectivity index (χ3n) is 7.07. The van der Waals surface area contributed by atoms with Crippen molar-refractivity contribution >= 4 is 21.5 Å². The second kappa shape index (κ2) is 10.8. The topological polar surface area (TPSA) is 24.9 Å². The van der Waals surface area contributed by atoms with Gasteiger partial charge in [0, 0.05) is 26.2 Å². The molecule has 4 nitrogen and oxygen atoms in total. The monoisotopic (exact) mass is 432 g/mol. The normalized spacial score (nSPS) is 18.5. The molecule has 0 aliphatic carbocycles. The minimum absolute atomic E-state index is 0.885. The highest BCUT2D eigenvalue weighted by atomic mass is 16.5. The van der Waals surface area contributed by atoms with Crippen molar-refractivity contribution in [2.75, 3.05) is 65.7 Å². The Morgan fingerprint density at radius 3 is 1.44 bits per heavy atom. The Morgan fingerprint density at radius 2 is 1.00 bits per heavy atom. The van der Waals surface area contributed by atoms with Crippen molar-refractivity contribution in [1.29, 1.82) is 0 Å². The molecule has 3 aromatic carbocycles. The Bertz CT molecular complexity index is 941. The lowest BCUT2D eigenvalue weighted by Gasteiger charge is -2.27. The Balaban J connectivity index is 1.33. The van der Waals surface area contributed by atoms with E-state index >= 15 is 0 Å². The standard InChI is InChI=1S/C28H36N2O2/c1-2-6-24-20-28-22-26(8-4-10-30-13-17-32-18-14-30)25(21-27(28)19-23(24)5-1)7-3-9-29-11-15-31-16-12-29/h1-2,5-6,19-22H,3-4,7-18H2. The third-order valence-corrected chi connectivity index (χ3v) is 7.07. The average Bonchev–Trinajstić information content (AvgIpc) is 2.84. The third kappa shape index (κ3) is 5.49. The minimum atomic E-state index is 0.885. The molecule has 0 saturated carbocycles. The number of aryl methyl sites for hydroxylation is 2. The first-order valence-corrected chi connectivity index (χ1v) is 12.4. The summed E-state index contributed by atoms with van der Waals surface area (Å²) >= 11 is 0. The van der Waals surface area contributed by atoms with Gasteiger partial charge in [-0.25, -0.2) is 0 Å². The average molecular weight is 433 g/mol. The maximum absolute atomic E-state index is 5.51. The summed E-state index contributed by atoms with van der Waals surface area (Å²) in [6.07, 6.45) is 4.76. The second-order valence-electron chi connectivity index (χ2n) is 9.28. The van der Waals surface area contributed by atoms with Crippen LogP contribution in [0.4, 0.5) is 0 Å². The number of rotatable bonds is 8. The van der Waals surface area contributed by atoms with Gasteiger partial charge in [-0.2, -0.15) is 0 Å². The molecule has 2 aliphatic heterocycles. The Labute approximate surface area is 192 Å². The molecule has 5 rings (SSSR count). The van der Waals surface area contributed by atoms with Crippen molar-refractivity contribution in [2.24, 2.45) is 0 Å². The van der Waals surface area contributed by atoms with Crippen LogP contribution in [0.15, 0.2) is 48.5 Å². The summed E-state index contributed by atoms with van der Waals surface area (Å²) in [6, 6.07) is 18.4. The molecule has 4 heteroatoms. The van der Waals surface area contributed by atoms with Crippen molar-refractivity contribution in [3.8, 4) is 0 Å². The van der Waals surface area contributed by atoms with Crippen molar-refractivity contribution in [3.05, 3.63) is 59.7 Å². The van der Waals surface area contributed by atoms with Crippen LogP contribution in [-0.4, -0.2) is 75.5 Å². The van der Waals surface area contributed by atoms with Crippen LogP contribution in [0.3, 0.4) is 0 Å². The van der Waals surface area contributed by atoms with Crippen LogP contribution >= 0.6 is 0 Å². The maximum Gasteiger partial charge on any atom is 0.0594 e. The molecule has 0 radical (unpaired) electrons. The Kier molecular flexibility index (Phi) is 7.34. The molecule has 3 aromatic rings. The summed E-state index contributed by atoms with van der Waals surface area (Å²) in [5.41, 5.74) is 3.09. The molecule has 0 bridgehead atoms. The number of benzene rings is 3. The van der Waals surface area contributed by atoms with Gasteiger partial charge in [-0.1, -0.05) is 36.4 Å². The highest BCUT2D eigenvalue weighted by Gasteiger charge is 2.13. The fraction of sp³-hybridized carbons (Fsp3) is 0.500. The van der Waals surface area contributed by atoms with Gasteiger partial charge in [0.25, 0.3) is 0 Å². The molecule has 0 atom stereocenters. The summed E-state index contributed by atoms with van der Waals surface area (Å²) in [5.74, 6) is 0. The van der Waals surface area contributed by atoms with E-state index in [0.29, 0.717) is 0 Å². The van der Waals surface area contributed by atoms with Gasteiger partial charge in [0.05, 0.1) is 26.4 Å². The number of fused-ring (bicyclic) bond motifs is 2. The highest BCUT2D eigenvalue weighted by molar-refractivity contribution is 5.98. The van der Waals surface area contributed by atoms with Crippen molar-refractivity contribution in [3.63, 3.8) is 0 Å². The SMILES string of the molecule is c1ccc2cc3cc(CCCN4CCOCC4)c(CCCN4CCOCC4)cc3cc2c1. The zero-order valence-corrected chi connectivity index (χ0v) is 19.2. The Morgan fingerprint density at radius 1 is 0.562 bits per heavy atom. The smallest absolute Gasteiger partial charge is 0.0594 e. The van der Waals surface area contributed by atoms with Crippen LogP contribution in [0.2, 0.25) is 0 Å². The van der Waals surface area contributed by atoms with E-state index in [0.717, 1.165) is 65.4 Å². The van der Waals surface area contributed by atoms with E-state index < -0.39 is 0 Å². The predicted octanol–water partition coefficient (Wildman–Crippen LogP) is 4.52. The number of morpholine rings is 2. The number of ether oxygens (including phenoxy) is 2. The molecule has 2 fully saturated rings. The lowest BCUT2D eigenvalue weighted by molar-refractivity contribution is 0.0372. The van der Waals surface area contributed by atoms with Crippen LogP contribution < -0.4 is 0 Å². The fourth-order valence-electron chi connectivity index (χ4n) is 5.19. The van der Waals surface area contributed by atoms with E-state index in [1.165, 1.54) is 47.5 Å². The van der Waals surface area contributed by atoms with Crippen molar-refractivity contribution in [1.82, 2.24) is 9.80 Å². The quantitative estimate of drug-likeness (QED) is 0.489. The molecule has 0 unspecified atom stereocenters. The number of hydrogen-bond acceptors (Lipinski definition) is 4. The molecule has 0 spiro atoms. The van der Waals surface area contributed by atoms with E-state index in [2.05, 4.69) is 58.3 Å². The lowest BCUT2D eigenvalue weighted by Crippen LogP contribution is -2.37. The summed E-state index contributed by atoms with van der Waals surface area (Å²) in [7, 11) is 0. The summed E-state index contributed by atoms with van der Waals surface area (Å²) in [6.45, 7) is 10.2. The van der Waals surface area contributed by atoms with Gasteiger partial charge < -0.3 is 9.47 Å². The van der Waals surface area contributed by atoms with Crippen LogP contribution in [0, 0.1) is 0 Å². The molecular formula is C28H36N2O2. The van der Waals surface area contributed by atoms with E-state index in [1.54, 1.807) is 11.1 Å². The molecule has 2 heterocycles. The predicted molar refractivity (Wildman–Crippen MR) is 133 cm³/mol. The minimum Gasteiger partial charge on any atom is -0.379 e. The largest absolute Gasteiger partial charge is 0.379 e. The molecule has 32 heavy (non-hydrogen) atoms. The first-order valence-electron chi connectivity index (χ1n) is 12.4. The first kappa shape index (κ1) is 21.8.